The molecule has 1 aliphatic rings. The van der Waals surface area contributed by atoms with Crippen molar-refractivity contribution in [1.29, 1.82) is 0 Å². The zero-order valence-electron chi connectivity index (χ0n) is 16.0. The molecule has 1 aromatic heterocycles. The van der Waals surface area contributed by atoms with E-state index in [0.29, 0.717) is 6.42 Å². The zero-order chi connectivity index (χ0) is 18.9. The van der Waals surface area contributed by atoms with Crippen molar-refractivity contribution in [2.24, 2.45) is 4.99 Å². The fourth-order valence-corrected chi connectivity index (χ4v) is 3.36. The van der Waals surface area contributed by atoms with Crippen molar-refractivity contribution in [3.63, 3.8) is 0 Å². The second-order valence-electron chi connectivity index (χ2n) is 6.78. The van der Waals surface area contributed by atoms with Crippen LogP contribution in [0, 0.1) is 0 Å². The molecule has 0 fully saturated rings. The highest BCUT2D eigenvalue weighted by atomic mass is 16.2. The standard InChI is InChI=1S/C21H29N5O/c1-22-21(24-12-16-25-13-4-5-14-25)23-11-6-9-20(27)26-15-10-18-7-2-3-8-19(18)17-26/h2-5,7-8,13-14H,6,9-12,15-17H2,1H3,(H2,22,23,24). The van der Waals surface area contributed by atoms with E-state index < -0.39 is 0 Å². The van der Waals surface area contributed by atoms with E-state index in [2.05, 4.69) is 38.4 Å². The normalized spacial score (nSPS) is 14.0. The van der Waals surface area contributed by atoms with Crippen LogP contribution in [0.15, 0.2) is 53.8 Å². The Bertz CT molecular complexity index is 754. The third-order valence-corrected chi connectivity index (χ3v) is 4.90. The molecule has 0 saturated carbocycles. The molecule has 0 spiro atoms. The monoisotopic (exact) mass is 367 g/mol. The van der Waals surface area contributed by atoms with E-state index in [1.165, 1.54) is 11.1 Å². The lowest BCUT2D eigenvalue weighted by molar-refractivity contribution is -0.132. The number of fused-ring (bicyclic) bond motifs is 1. The molecule has 0 radical (unpaired) electrons. The van der Waals surface area contributed by atoms with Gasteiger partial charge in [-0.05, 0) is 36.1 Å². The van der Waals surface area contributed by atoms with Crippen LogP contribution in [0.2, 0.25) is 0 Å². The van der Waals surface area contributed by atoms with E-state index in [0.717, 1.165) is 51.5 Å². The van der Waals surface area contributed by atoms with E-state index in [9.17, 15) is 4.79 Å². The predicted molar refractivity (Wildman–Crippen MR) is 109 cm³/mol. The Hall–Kier alpha value is -2.76. The van der Waals surface area contributed by atoms with Gasteiger partial charge in [0, 0.05) is 58.6 Å². The van der Waals surface area contributed by atoms with E-state index in [1.807, 2.05) is 35.5 Å². The van der Waals surface area contributed by atoms with Crippen LogP contribution < -0.4 is 10.6 Å². The first-order chi connectivity index (χ1) is 13.3. The van der Waals surface area contributed by atoms with Gasteiger partial charge < -0.3 is 20.1 Å². The molecule has 6 nitrogen and oxygen atoms in total. The van der Waals surface area contributed by atoms with Crippen LogP contribution in [0.3, 0.4) is 0 Å². The average molecular weight is 367 g/mol. The van der Waals surface area contributed by atoms with Crippen LogP contribution in [0.5, 0.6) is 0 Å². The smallest absolute Gasteiger partial charge is 0.222 e. The molecule has 0 atom stereocenters. The molecule has 0 saturated heterocycles. The molecular formula is C21H29N5O. The molecule has 0 bridgehead atoms. The van der Waals surface area contributed by atoms with E-state index in [4.69, 9.17) is 0 Å². The van der Waals surface area contributed by atoms with Gasteiger partial charge in [0.05, 0.1) is 0 Å². The molecule has 27 heavy (non-hydrogen) atoms. The first kappa shape index (κ1) is 19.0. The first-order valence-corrected chi connectivity index (χ1v) is 9.66. The molecule has 1 aromatic carbocycles. The van der Waals surface area contributed by atoms with Crippen LogP contribution in [-0.4, -0.2) is 48.0 Å². The minimum Gasteiger partial charge on any atom is -0.356 e. The molecule has 3 rings (SSSR count). The van der Waals surface area contributed by atoms with Crippen molar-refractivity contribution < 1.29 is 4.79 Å². The van der Waals surface area contributed by atoms with Gasteiger partial charge in [-0.2, -0.15) is 0 Å². The molecule has 6 heteroatoms. The van der Waals surface area contributed by atoms with Gasteiger partial charge in [-0.25, -0.2) is 0 Å². The number of benzene rings is 1. The number of guanidine groups is 1. The van der Waals surface area contributed by atoms with Gasteiger partial charge in [0.1, 0.15) is 0 Å². The summed E-state index contributed by atoms with van der Waals surface area (Å²) in [6, 6.07) is 12.4. The van der Waals surface area contributed by atoms with Gasteiger partial charge in [0.2, 0.25) is 5.91 Å². The minimum atomic E-state index is 0.238. The number of carbonyl (C=O) groups excluding carboxylic acids is 1. The summed E-state index contributed by atoms with van der Waals surface area (Å²) < 4.78 is 2.12. The number of rotatable bonds is 7. The maximum Gasteiger partial charge on any atom is 0.222 e. The summed E-state index contributed by atoms with van der Waals surface area (Å²) in [4.78, 5) is 18.7. The van der Waals surface area contributed by atoms with E-state index in [1.54, 1.807) is 7.05 Å². The van der Waals surface area contributed by atoms with Crippen molar-refractivity contribution in [2.45, 2.75) is 32.4 Å². The lowest BCUT2D eigenvalue weighted by Gasteiger charge is -2.29. The van der Waals surface area contributed by atoms with Crippen LogP contribution in [-0.2, 0) is 24.3 Å². The Labute approximate surface area is 161 Å². The Balaban J connectivity index is 1.32. The largest absolute Gasteiger partial charge is 0.356 e. The number of aromatic nitrogens is 1. The summed E-state index contributed by atoms with van der Waals surface area (Å²) in [5.41, 5.74) is 2.65. The number of amides is 1. The molecular weight excluding hydrogens is 338 g/mol. The van der Waals surface area contributed by atoms with E-state index >= 15 is 0 Å². The predicted octanol–water partition coefficient (Wildman–Crippen LogP) is 2.02. The van der Waals surface area contributed by atoms with Crippen LogP contribution >= 0.6 is 0 Å². The van der Waals surface area contributed by atoms with Crippen molar-refractivity contribution in [3.05, 3.63) is 59.9 Å². The minimum absolute atomic E-state index is 0.238. The second-order valence-corrected chi connectivity index (χ2v) is 6.78. The molecule has 0 unspecified atom stereocenters. The summed E-state index contributed by atoms with van der Waals surface area (Å²) in [6.07, 6.45) is 6.41. The summed E-state index contributed by atoms with van der Waals surface area (Å²) in [6.45, 7) is 4.00. The van der Waals surface area contributed by atoms with Crippen molar-refractivity contribution in [3.8, 4) is 0 Å². The molecule has 1 aliphatic heterocycles. The quantitative estimate of drug-likeness (QED) is 0.447. The first-order valence-electron chi connectivity index (χ1n) is 9.66. The van der Waals surface area contributed by atoms with Gasteiger partial charge >= 0.3 is 0 Å². The SMILES string of the molecule is CN=C(NCCCC(=O)N1CCc2ccccc2C1)NCCn1cccc1. The van der Waals surface area contributed by atoms with Crippen molar-refractivity contribution in [1.82, 2.24) is 20.1 Å². The Morgan fingerprint density at radius 2 is 1.81 bits per heavy atom. The third kappa shape index (κ3) is 5.61. The van der Waals surface area contributed by atoms with Gasteiger partial charge in [-0.15, -0.1) is 0 Å². The Kier molecular flexibility index (Phi) is 6.90. The van der Waals surface area contributed by atoms with Crippen molar-refractivity contribution >= 4 is 11.9 Å². The summed E-state index contributed by atoms with van der Waals surface area (Å²) in [5, 5.41) is 6.58. The number of hydrogen-bond donors (Lipinski definition) is 2. The lowest BCUT2D eigenvalue weighted by Crippen LogP contribution is -2.40. The van der Waals surface area contributed by atoms with E-state index in [-0.39, 0.29) is 5.91 Å². The van der Waals surface area contributed by atoms with Gasteiger partial charge in [-0.1, -0.05) is 24.3 Å². The van der Waals surface area contributed by atoms with Gasteiger partial charge in [-0.3, -0.25) is 9.79 Å². The maximum atomic E-state index is 12.5. The average Bonchev–Trinajstić information content (AvgIpc) is 3.22. The third-order valence-electron chi connectivity index (χ3n) is 4.90. The number of nitrogens with one attached hydrogen (secondary N) is 2. The fourth-order valence-electron chi connectivity index (χ4n) is 3.36. The topological polar surface area (TPSA) is 61.7 Å². The second kappa shape index (κ2) is 9.80. The summed E-state index contributed by atoms with van der Waals surface area (Å²) in [7, 11) is 1.77. The molecule has 0 aliphatic carbocycles. The lowest BCUT2D eigenvalue weighted by atomic mass is 9.99. The number of aliphatic imine (C=N–C) groups is 1. The van der Waals surface area contributed by atoms with Crippen molar-refractivity contribution in [2.75, 3.05) is 26.7 Å². The number of carbonyl (C=O) groups is 1. The zero-order valence-corrected chi connectivity index (χ0v) is 16.0. The highest BCUT2D eigenvalue weighted by Gasteiger charge is 2.19. The fraction of sp³-hybridized carbons (Fsp3) is 0.429. The van der Waals surface area contributed by atoms with Gasteiger partial charge in [0.25, 0.3) is 0 Å². The highest BCUT2D eigenvalue weighted by Crippen LogP contribution is 2.19. The molecule has 2 N–H and O–H groups in total. The number of nitrogens with zero attached hydrogens (tertiary/aromatic N) is 3. The highest BCUT2D eigenvalue weighted by molar-refractivity contribution is 5.80. The van der Waals surface area contributed by atoms with Crippen LogP contribution in [0.25, 0.3) is 0 Å². The molecule has 144 valence electrons. The molecule has 1 amide bonds. The van der Waals surface area contributed by atoms with Gasteiger partial charge in [0.15, 0.2) is 5.96 Å². The van der Waals surface area contributed by atoms with Crippen LogP contribution in [0.1, 0.15) is 24.0 Å². The number of hydrogen-bond acceptors (Lipinski definition) is 2. The summed E-state index contributed by atoms with van der Waals surface area (Å²) in [5.74, 6) is 1.02. The van der Waals surface area contributed by atoms with Crippen LogP contribution in [0.4, 0.5) is 0 Å². The summed E-state index contributed by atoms with van der Waals surface area (Å²) >= 11 is 0. The molecule has 2 heterocycles. The Morgan fingerprint density at radius 3 is 2.59 bits per heavy atom. The molecule has 2 aromatic rings. The maximum absolute atomic E-state index is 12.5. The Morgan fingerprint density at radius 1 is 1.07 bits per heavy atom.